The minimum absolute atomic E-state index is 0.759. The monoisotopic (exact) mass is 260 g/mol. The predicted octanol–water partition coefficient (Wildman–Crippen LogP) is 4.42. The fraction of sp³-hybridized carbons (Fsp3) is 0.0556. The second-order valence-electron chi connectivity index (χ2n) is 4.58. The predicted molar refractivity (Wildman–Crippen MR) is 83.0 cm³/mol. The largest absolute Gasteiger partial charge is 0.335 e. The molecule has 0 saturated carbocycles. The maximum absolute atomic E-state index is 4.43. The number of hydrogen-bond acceptors (Lipinski definition) is 2. The van der Waals surface area contributed by atoms with Crippen molar-refractivity contribution < 1.29 is 0 Å². The third-order valence-electron chi connectivity index (χ3n) is 3.18. The van der Waals surface area contributed by atoms with Gasteiger partial charge in [-0.05, 0) is 36.4 Å². The van der Waals surface area contributed by atoms with Crippen molar-refractivity contribution in [2.45, 2.75) is 6.54 Å². The van der Waals surface area contributed by atoms with Crippen molar-refractivity contribution in [3.8, 4) is 0 Å². The van der Waals surface area contributed by atoms with Gasteiger partial charge in [-0.15, -0.1) is 0 Å². The summed E-state index contributed by atoms with van der Waals surface area (Å²) in [7, 11) is 0. The number of anilines is 2. The van der Waals surface area contributed by atoms with Crippen molar-refractivity contribution in [1.29, 1.82) is 0 Å². The van der Waals surface area contributed by atoms with E-state index in [1.807, 2.05) is 30.5 Å². The van der Waals surface area contributed by atoms with Crippen LogP contribution in [0, 0.1) is 0 Å². The molecule has 0 aliphatic rings. The van der Waals surface area contributed by atoms with E-state index in [-0.39, 0.29) is 0 Å². The smallest absolute Gasteiger partial charge is 0.0654 e. The van der Waals surface area contributed by atoms with Gasteiger partial charge in [0.1, 0.15) is 0 Å². The van der Waals surface area contributed by atoms with Gasteiger partial charge in [-0.3, -0.25) is 4.98 Å². The summed E-state index contributed by atoms with van der Waals surface area (Å²) in [5.74, 6) is 0. The molecule has 0 unspecified atom stereocenters. The number of aromatic nitrogens is 1. The quantitative estimate of drug-likeness (QED) is 0.690. The molecule has 98 valence electrons. The molecule has 0 saturated heterocycles. The lowest BCUT2D eigenvalue weighted by Gasteiger charge is -2.24. The first kappa shape index (κ1) is 12.4. The molecule has 0 amide bonds. The van der Waals surface area contributed by atoms with Crippen LogP contribution < -0.4 is 4.90 Å². The Morgan fingerprint density at radius 1 is 0.650 bits per heavy atom. The molecule has 0 aliphatic heterocycles. The van der Waals surface area contributed by atoms with Crippen LogP contribution in [-0.4, -0.2) is 4.98 Å². The number of rotatable bonds is 4. The Morgan fingerprint density at radius 3 is 1.70 bits per heavy atom. The Morgan fingerprint density at radius 2 is 1.20 bits per heavy atom. The molecule has 3 aromatic rings. The van der Waals surface area contributed by atoms with Crippen molar-refractivity contribution >= 4 is 11.4 Å². The van der Waals surface area contributed by atoms with Gasteiger partial charge in [-0.1, -0.05) is 42.5 Å². The molecule has 0 N–H and O–H groups in total. The van der Waals surface area contributed by atoms with Crippen LogP contribution in [0.1, 0.15) is 5.69 Å². The first-order valence-corrected chi connectivity index (χ1v) is 6.71. The van der Waals surface area contributed by atoms with E-state index in [2.05, 4.69) is 64.5 Å². The molecule has 1 heterocycles. The first-order chi connectivity index (χ1) is 9.93. The maximum atomic E-state index is 4.43. The molecular formula is C18H16N2. The van der Waals surface area contributed by atoms with Gasteiger partial charge < -0.3 is 4.90 Å². The van der Waals surface area contributed by atoms with Gasteiger partial charge in [0.25, 0.3) is 0 Å². The average molecular weight is 260 g/mol. The summed E-state index contributed by atoms with van der Waals surface area (Å²) in [5.41, 5.74) is 3.40. The van der Waals surface area contributed by atoms with E-state index < -0.39 is 0 Å². The number of nitrogens with zero attached hydrogens (tertiary/aromatic N) is 2. The van der Waals surface area contributed by atoms with Gasteiger partial charge in [-0.25, -0.2) is 0 Å². The first-order valence-electron chi connectivity index (χ1n) is 6.71. The minimum Gasteiger partial charge on any atom is -0.335 e. The Hall–Kier alpha value is -2.61. The number of pyridine rings is 1. The third-order valence-corrected chi connectivity index (χ3v) is 3.18. The van der Waals surface area contributed by atoms with Crippen molar-refractivity contribution in [1.82, 2.24) is 4.98 Å². The minimum atomic E-state index is 0.759. The van der Waals surface area contributed by atoms with E-state index in [1.165, 1.54) is 11.4 Å². The van der Waals surface area contributed by atoms with E-state index in [1.54, 1.807) is 0 Å². The molecule has 0 aliphatic carbocycles. The van der Waals surface area contributed by atoms with Crippen molar-refractivity contribution in [3.63, 3.8) is 0 Å². The fourth-order valence-corrected chi connectivity index (χ4v) is 2.20. The van der Waals surface area contributed by atoms with Crippen LogP contribution in [0.15, 0.2) is 85.1 Å². The Kier molecular flexibility index (Phi) is 3.74. The van der Waals surface area contributed by atoms with Crippen LogP contribution in [0.5, 0.6) is 0 Å². The Labute approximate surface area is 119 Å². The lowest BCUT2D eigenvalue weighted by Crippen LogP contribution is -2.16. The second-order valence-corrected chi connectivity index (χ2v) is 4.58. The highest BCUT2D eigenvalue weighted by Gasteiger charge is 2.09. The van der Waals surface area contributed by atoms with Crippen LogP contribution in [0.4, 0.5) is 11.4 Å². The molecule has 2 nitrogen and oxygen atoms in total. The molecule has 0 radical (unpaired) electrons. The number of hydrogen-bond donors (Lipinski definition) is 0. The summed E-state index contributed by atoms with van der Waals surface area (Å²) < 4.78 is 0. The molecule has 0 atom stereocenters. The zero-order valence-electron chi connectivity index (χ0n) is 11.2. The lowest BCUT2D eigenvalue weighted by atomic mass is 10.2. The van der Waals surface area contributed by atoms with Gasteiger partial charge in [-0.2, -0.15) is 0 Å². The van der Waals surface area contributed by atoms with E-state index in [9.17, 15) is 0 Å². The van der Waals surface area contributed by atoms with Gasteiger partial charge in [0.15, 0.2) is 0 Å². The highest BCUT2D eigenvalue weighted by atomic mass is 15.1. The fourth-order valence-electron chi connectivity index (χ4n) is 2.20. The zero-order valence-corrected chi connectivity index (χ0v) is 11.2. The molecule has 2 heteroatoms. The molecule has 2 aromatic carbocycles. The van der Waals surface area contributed by atoms with Crippen molar-refractivity contribution in [3.05, 3.63) is 90.8 Å². The summed E-state index contributed by atoms with van der Waals surface area (Å²) in [4.78, 5) is 6.69. The Bertz CT molecular complexity index is 597. The van der Waals surface area contributed by atoms with Crippen LogP contribution in [0.25, 0.3) is 0 Å². The molecule has 0 spiro atoms. The van der Waals surface area contributed by atoms with Crippen molar-refractivity contribution in [2.24, 2.45) is 0 Å². The summed E-state index contributed by atoms with van der Waals surface area (Å²) in [5, 5.41) is 0. The third kappa shape index (κ3) is 2.86. The van der Waals surface area contributed by atoms with Crippen LogP contribution in [0.2, 0.25) is 0 Å². The molecule has 1 aromatic heterocycles. The second kappa shape index (κ2) is 6.02. The van der Waals surface area contributed by atoms with Gasteiger partial charge in [0.05, 0.1) is 12.2 Å². The number of benzene rings is 2. The molecule has 0 fully saturated rings. The highest BCUT2D eigenvalue weighted by molar-refractivity contribution is 5.62. The molecule has 3 rings (SSSR count). The zero-order chi connectivity index (χ0) is 13.6. The number of para-hydroxylation sites is 2. The Balaban J connectivity index is 1.96. The van der Waals surface area contributed by atoms with E-state index >= 15 is 0 Å². The normalized spacial score (nSPS) is 10.2. The highest BCUT2D eigenvalue weighted by Crippen LogP contribution is 2.26. The summed E-state index contributed by atoms with van der Waals surface area (Å²) in [6.45, 7) is 0.759. The van der Waals surface area contributed by atoms with Gasteiger partial charge >= 0.3 is 0 Å². The molecule has 20 heavy (non-hydrogen) atoms. The standard InChI is InChI=1S/C18H16N2/c1-3-10-17(11-4-1)20(18-12-5-2-6-13-18)15-16-9-7-8-14-19-16/h1-14H,15H2. The lowest BCUT2D eigenvalue weighted by molar-refractivity contribution is 0.927. The van der Waals surface area contributed by atoms with E-state index in [0.29, 0.717) is 0 Å². The average Bonchev–Trinajstić information content (AvgIpc) is 2.55. The summed E-state index contributed by atoms with van der Waals surface area (Å²) in [6.07, 6.45) is 1.84. The van der Waals surface area contributed by atoms with Gasteiger partial charge in [0, 0.05) is 17.6 Å². The van der Waals surface area contributed by atoms with Crippen molar-refractivity contribution in [2.75, 3.05) is 4.90 Å². The summed E-state index contributed by atoms with van der Waals surface area (Å²) in [6, 6.07) is 26.8. The van der Waals surface area contributed by atoms with Crippen LogP contribution in [-0.2, 0) is 6.54 Å². The molecular weight excluding hydrogens is 244 g/mol. The van der Waals surface area contributed by atoms with Crippen LogP contribution in [0.3, 0.4) is 0 Å². The summed E-state index contributed by atoms with van der Waals surface area (Å²) >= 11 is 0. The van der Waals surface area contributed by atoms with Crippen LogP contribution >= 0.6 is 0 Å². The molecule has 0 bridgehead atoms. The maximum Gasteiger partial charge on any atom is 0.0654 e. The van der Waals surface area contributed by atoms with Gasteiger partial charge in [0.2, 0.25) is 0 Å². The van der Waals surface area contributed by atoms with E-state index in [0.717, 1.165) is 12.2 Å². The topological polar surface area (TPSA) is 16.1 Å². The van der Waals surface area contributed by atoms with E-state index in [4.69, 9.17) is 0 Å². The SMILES string of the molecule is c1ccc(N(Cc2ccccn2)c2ccccc2)cc1.